The maximum atomic E-state index is 13.4. The number of alkyl halides is 3. The molecule has 1 aliphatic rings. The largest absolute Gasteiger partial charge is 0.450 e. The van der Waals surface area contributed by atoms with Gasteiger partial charge in [0.05, 0.1) is 27.2 Å². The highest BCUT2D eigenvalue weighted by Gasteiger charge is 2.37. The predicted molar refractivity (Wildman–Crippen MR) is 163 cm³/mol. The van der Waals surface area contributed by atoms with Gasteiger partial charge in [0.2, 0.25) is 5.75 Å². The first-order valence-corrected chi connectivity index (χ1v) is 13.6. The molecule has 0 spiro atoms. The standard InChI is InChI=1S/C30H20F3N5O7S/c1-16-12-18(13-24-27(39)34-29(46)36(28(24)40)21-5-3-4-19(14-21)30(31,32)33)17(2)35(16)20-6-9-23(10-7-20)45-26-11-8-22(37(41)42)15-25(26)38(43)44/h3-15H,1-2H3,(H,34,39,46)/b24-13+. The molecule has 2 heterocycles. The minimum Gasteiger partial charge on any atom is -0.450 e. The summed E-state index contributed by atoms with van der Waals surface area (Å²) in [5.41, 5.74) is -0.164. The fourth-order valence-electron chi connectivity index (χ4n) is 4.84. The molecule has 12 nitrogen and oxygen atoms in total. The number of aromatic nitrogens is 1. The van der Waals surface area contributed by atoms with Gasteiger partial charge in [-0.3, -0.25) is 40.0 Å². The van der Waals surface area contributed by atoms with Crippen LogP contribution in [0.3, 0.4) is 0 Å². The fourth-order valence-corrected chi connectivity index (χ4v) is 5.12. The average Bonchev–Trinajstić information content (AvgIpc) is 3.27. The van der Waals surface area contributed by atoms with E-state index in [1.165, 1.54) is 24.3 Å². The van der Waals surface area contributed by atoms with Crippen molar-refractivity contribution < 1.29 is 37.3 Å². The number of anilines is 1. The second kappa shape index (κ2) is 11.9. The van der Waals surface area contributed by atoms with Gasteiger partial charge in [-0.1, -0.05) is 6.07 Å². The molecule has 1 N–H and O–H groups in total. The van der Waals surface area contributed by atoms with Gasteiger partial charge in [0.15, 0.2) is 5.11 Å². The van der Waals surface area contributed by atoms with E-state index in [1.54, 1.807) is 36.6 Å². The number of aryl methyl sites for hydroxylation is 1. The summed E-state index contributed by atoms with van der Waals surface area (Å²) in [5, 5.41) is 24.4. The number of rotatable bonds is 7. The van der Waals surface area contributed by atoms with Gasteiger partial charge in [0.1, 0.15) is 11.3 Å². The lowest BCUT2D eigenvalue weighted by atomic mass is 10.1. The quantitative estimate of drug-likeness (QED) is 0.0777. The van der Waals surface area contributed by atoms with Gasteiger partial charge in [-0.15, -0.1) is 0 Å². The van der Waals surface area contributed by atoms with Crippen LogP contribution in [0.2, 0.25) is 0 Å². The molecular weight excluding hydrogens is 631 g/mol. The number of carbonyl (C=O) groups excluding carboxylic acids is 2. The second-order valence-corrected chi connectivity index (χ2v) is 10.3. The Bertz CT molecular complexity index is 1990. The lowest BCUT2D eigenvalue weighted by Crippen LogP contribution is -2.54. The number of non-ortho nitro benzene ring substituents is 1. The van der Waals surface area contributed by atoms with Crippen LogP contribution in [0, 0.1) is 34.1 Å². The summed E-state index contributed by atoms with van der Waals surface area (Å²) in [6.45, 7) is 3.50. The first kappa shape index (κ1) is 31.5. The molecule has 2 amide bonds. The number of hydrogen-bond donors (Lipinski definition) is 1. The van der Waals surface area contributed by atoms with E-state index in [0.717, 1.165) is 41.3 Å². The highest BCUT2D eigenvalue weighted by atomic mass is 32.1. The second-order valence-electron chi connectivity index (χ2n) is 9.93. The Labute approximate surface area is 262 Å². The van der Waals surface area contributed by atoms with Gasteiger partial charge in [-0.2, -0.15) is 13.2 Å². The van der Waals surface area contributed by atoms with E-state index in [-0.39, 0.29) is 27.9 Å². The summed E-state index contributed by atoms with van der Waals surface area (Å²) in [4.78, 5) is 48.0. The number of ether oxygens (including phenoxy) is 1. The van der Waals surface area contributed by atoms with Crippen molar-refractivity contribution in [3.63, 3.8) is 0 Å². The van der Waals surface area contributed by atoms with E-state index >= 15 is 0 Å². The van der Waals surface area contributed by atoms with Crippen LogP contribution < -0.4 is 15.0 Å². The third-order valence-corrected chi connectivity index (χ3v) is 7.26. The van der Waals surface area contributed by atoms with Crippen LogP contribution in [-0.4, -0.2) is 31.3 Å². The summed E-state index contributed by atoms with van der Waals surface area (Å²) in [6, 6.07) is 15.1. The zero-order chi connectivity index (χ0) is 33.5. The van der Waals surface area contributed by atoms with Gasteiger partial charge in [0, 0.05) is 23.1 Å². The third-order valence-electron chi connectivity index (χ3n) is 6.98. The Kier molecular flexibility index (Phi) is 8.15. The average molecular weight is 652 g/mol. The molecular formula is C30H20F3N5O7S. The summed E-state index contributed by atoms with van der Waals surface area (Å²) in [6.07, 6.45) is -3.34. The molecule has 16 heteroatoms. The monoisotopic (exact) mass is 651 g/mol. The van der Waals surface area contributed by atoms with E-state index in [9.17, 15) is 43.0 Å². The van der Waals surface area contributed by atoms with Gasteiger partial charge >= 0.3 is 11.9 Å². The number of benzene rings is 3. The van der Waals surface area contributed by atoms with Crippen LogP contribution in [0.15, 0.2) is 78.4 Å². The highest BCUT2D eigenvalue weighted by Crippen LogP contribution is 2.36. The van der Waals surface area contributed by atoms with Crippen LogP contribution in [0.25, 0.3) is 11.8 Å². The molecule has 1 saturated heterocycles. The summed E-state index contributed by atoms with van der Waals surface area (Å²) in [7, 11) is 0. The summed E-state index contributed by atoms with van der Waals surface area (Å²) >= 11 is 5.11. The molecule has 5 rings (SSSR count). The maximum absolute atomic E-state index is 13.4. The minimum atomic E-state index is -4.66. The number of thiocarbonyl (C=S) groups is 1. The third kappa shape index (κ3) is 6.05. The molecule has 1 fully saturated rings. The minimum absolute atomic E-state index is 0.164. The lowest BCUT2D eigenvalue weighted by molar-refractivity contribution is -0.394. The molecule has 0 bridgehead atoms. The number of halogens is 3. The van der Waals surface area contributed by atoms with E-state index in [4.69, 9.17) is 17.0 Å². The maximum Gasteiger partial charge on any atom is 0.416 e. The van der Waals surface area contributed by atoms with Crippen molar-refractivity contribution in [3.05, 3.63) is 121 Å². The molecule has 234 valence electrons. The van der Waals surface area contributed by atoms with Gasteiger partial charge < -0.3 is 9.30 Å². The normalized spacial score (nSPS) is 14.4. The molecule has 3 aromatic carbocycles. The van der Waals surface area contributed by atoms with Crippen molar-refractivity contribution in [2.45, 2.75) is 20.0 Å². The molecule has 4 aromatic rings. The van der Waals surface area contributed by atoms with Crippen molar-refractivity contribution in [1.29, 1.82) is 0 Å². The first-order valence-electron chi connectivity index (χ1n) is 13.1. The Morgan fingerprint density at radius 2 is 1.61 bits per heavy atom. The smallest absolute Gasteiger partial charge is 0.416 e. The van der Waals surface area contributed by atoms with Crippen molar-refractivity contribution in [2.75, 3.05) is 4.90 Å². The van der Waals surface area contributed by atoms with Crippen LogP contribution in [-0.2, 0) is 15.8 Å². The van der Waals surface area contributed by atoms with E-state index in [1.807, 2.05) is 0 Å². The van der Waals surface area contributed by atoms with Crippen LogP contribution in [0.4, 0.5) is 30.2 Å². The molecule has 0 radical (unpaired) electrons. The van der Waals surface area contributed by atoms with Crippen molar-refractivity contribution in [3.8, 4) is 17.2 Å². The van der Waals surface area contributed by atoms with Gasteiger partial charge in [0.25, 0.3) is 17.5 Å². The molecule has 46 heavy (non-hydrogen) atoms. The molecule has 1 aliphatic heterocycles. The van der Waals surface area contributed by atoms with Crippen molar-refractivity contribution in [2.24, 2.45) is 0 Å². The van der Waals surface area contributed by atoms with Crippen LogP contribution in [0.1, 0.15) is 22.5 Å². The number of hydrogen-bond acceptors (Lipinski definition) is 8. The predicted octanol–water partition coefficient (Wildman–Crippen LogP) is 6.55. The lowest BCUT2D eigenvalue weighted by Gasteiger charge is -2.29. The molecule has 0 unspecified atom stereocenters. The number of carbonyl (C=O) groups is 2. The van der Waals surface area contributed by atoms with E-state index in [2.05, 4.69) is 5.32 Å². The zero-order valence-corrected chi connectivity index (χ0v) is 24.5. The summed E-state index contributed by atoms with van der Waals surface area (Å²) in [5.74, 6) is -1.70. The van der Waals surface area contributed by atoms with Crippen LogP contribution >= 0.6 is 12.2 Å². The topological polar surface area (TPSA) is 150 Å². The number of amides is 2. The number of nitro groups is 2. The number of nitrogens with one attached hydrogen (secondary N) is 1. The Morgan fingerprint density at radius 1 is 0.913 bits per heavy atom. The molecule has 0 aliphatic carbocycles. The van der Waals surface area contributed by atoms with E-state index < -0.39 is 44.8 Å². The van der Waals surface area contributed by atoms with E-state index in [0.29, 0.717) is 22.6 Å². The van der Waals surface area contributed by atoms with Gasteiger partial charge in [-0.05, 0) is 92.3 Å². The highest BCUT2D eigenvalue weighted by molar-refractivity contribution is 7.80. The SMILES string of the molecule is Cc1cc(/C=C2\C(=O)NC(=S)N(c3cccc(C(F)(F)F)c3)C2=O)c(C)n1-c1ccc(Oc2ccc([N+](=O)[O-])cc2[N+](=O)[O-])cc1. The number of nitrogens with zero attached hydrogens (tertiary/aromatic N) is 4. The zero-order valence-electron chi connectivity index (χ0n) is 23.7. The first-order chi connectivity index (χ1) is 21.6. The molecule has 0 atom stereocenters. The fraction of sp³-hybridized carbons (Fsp3) is 0.100. The molecule has 0 saturated carbocycles. The summed E-state index contributed by atoms with van der Waals surface area (Å²) < 4.78 is 47.4. The number of nitro benzene ring substituents is 2. The molecule has 1 aromatic heterocycles. The Hall–Kier alpha value is -5.90. The van der Waals surface area contributed by atoms with Crippen molar-refractivity contribution in [1.82, 2.24) is 9.88 Å². The Balaban J connectivity index is 1.43. The Morgan fingerprint density at radius 3 is 2.24 bits per heavy atom. The van der Waals surface area contributed by atoms with Crippen molar-refractivity contribution >= 4 is 52.3 Å². The van der Waals surface area contributed by atoms with Crippen LogP contribution in [0.5, 0.6) is 11.5 Å². The van der Waals surface area contributed by atoms with Gasteiger partial charge in [-0.25, -0.2) is 0 Å².